The van der Waals surface area contributed by atoms with E-state index in [0.717, 1.165) is 6.42 Å². The first-order chi connectivity index (χ1) is 6.12. The third-order valence-electron chi connectivity index (χ3n) is 3.03. The van der Waals surface area contributed by atoms with Crippen LogP contribution in [0.25, 0.3) is 0 Å². The average Bonchev–Trinajstić information content (AvgIpc) is 2.72. The van der Waals surface area contributed by atoms with Gasteiger partial charge in [-0.25, -0.2) is 0 Å². The highest BCUT2D eigenvalue weighted by atomic mass is 79.9. The van der Waals surface area contributed by atoms with Crippen LogP contribution in [0, 0.1) is 5.41 Å². The lowest BCUT2D eigenvalue weighted by molar-refractivity contribution is 0.435. The van der Waals surface area contributed by atoms with Gasteiger partial charge in [0.15, 0.2) is 0 Å². The van der Waals surface area contributed by atoms with E-state index < -0.39 is 0 Å². The fourth-order valence-electron chi connectivity index (χ4n) is 1.48. The van der Waals surface area contributed by atoms with Gasteiger partial charge in [-0.3, -0.25) is 0 Å². The molecule has 0 aromatic carbocycles. The van der Waals surface area contributed by atoms with E-state index in [1.54, 1.807) is 11.3 Å². The van der Waals surface area contributed by atoms with E-state index in [2.05, 4.69) is 34.3 Å². The van der Waals surface area contributed by atoms with Gasteiger partial charge in [-0.15, -0.1) is 11.3 Å². The lowest BCUT2D eigenvalue weighted by atomic mass is 9.96. The molecular weight excluding hydrogens is 246 g/mol. The molecule has 1 saturated carbocycles. The Kier molecular flexibility index (Phi) is 2.51. The molecule has 1 nitrogen and oxygen atoms in total. The van der Waals surface area contributed by atoms with Crippen molar-refractivity contribution in [1.82, 2.24) is 0 Å². The number of thiophene rings is 1. The van der Waals surface area contributed by atoms with Crippen LogP contribution >= 0.6 is 27.3 Å². The maximum Gasteiger partial charge on any atom is 0.0314 e. The fourth-order valence-corrected chi connectivity index (χ4v) is 3.06. The lowest BCUT2D eigenvalue weighted by Crippen LogP contribution is -2.31. The van der Waals surface area contributed by atoms with Crippen LogP contribution in [0.3, 0.4) is 0 Å². The predicted molar refractivity (Wildman–Crippen MR) is 61.0 cm³/mol. The lowest BCUT2D eigenvalue weighted by Gasteiger charge is -2.17. The predicted octanol–water partition coefficient (Wildman–Crippen LogP) is 3.18. The van der Waals surface area contributed by atoms with E-state index in [4.69, 9.17) is 5.73 Å². The zero-order valence-electron chi connectivity index (χ0n) is 7.72. The smallest absolute Gasteiger partial charge is 0.0314 e. The molecule has 0 aliphatic heterocycles. The van der Waals surface area contributed by atoms with E-state index in [-0.39, 0.29) is 0 Å². The summed E-state index contributed by atoms with van der Waals surface area (Å²) in [6, 6.07) is 2.43. The molecule has 1 aromatic rings. The molecule has 13 heavy (non-hydrogen) atoms. The van der Waals surface area contributed by atoms with Crippen molar-refractivity contribution in [2.75, 3.05) is 0 Å². The highest BCUT2D eigenvalue weighted by Crippen LogP contribution is 2.48. The Bertz CT molecular complexity index is 304. The second-order valence-electron chi connectivity index (χ2n) is 4.16. The molecule has 3 heteroatoms. The highest BCUT2D eigenvalue weighted by molar-refractivity contribution is 9.10. The molecule has 2 rings (SSSR count). The quantitative estimate of drug-likeness (QED) is 0.887. The van der Waals surface area contributed by atoms with E-state index in [1.165, 1.54) is 22.2 Å². The van der Waals surface area contributed by atoms with Gasteiger partial charge in [-0.05, 0) is 52.1 Å². The Balaban J connectivity index is 2.02. The zero-order chi connectivity index (χ0) is 9.47. The van der Waals surface area contributed by atoms with Gasteiger partial charge in [0.05, 0.1) is 0 Å². The third-order valence-corrected chi connectivity index (χ3v) is 4.98. The fraction of sp³-hybridized carbons (Fsp3) is 0.600. The van der Waals surface area contributed by atoms with Gasteiger partial charge in [0.2, 0.25) is 0 Å². The molecule has 0 amide bonds. The molecule has 0 spiro atoms. The number of halogens is 1. The first kappa shape index (κ1) is 9.69. The van der Waals surface area contributed by atoms with Crippen LogP contribution in [0.5, 0.6) is 0 Å². The van der Waals surface area contributed by atoms with Crippen LogP contribution < -0.4 is 5.73 Å². The van der Waals surface area contributed by atoms with Gasteiger partial charge in [-0.1, -0.05) is 6.92 Å². The summed E-state index contributed by atoms with van der Waals surface area (Å²) in [6.07, 6.45) is 3.63. The Morgan fingerprint density at radius 3 is 2.85 bits per heavy atom. The maximum absolute atomic E-state index is 6.16. The van der Waals surface area contributed by atoms with E-state index in [1.807, 2.05) is 0 Å². The molecule has 1 fully saturated rings. The van der Waals surface area contributed by atoms with Gasteiger partial charge in [0.1, 0.15) is 0 Å². The average molecular weight is 260 g/mol. The summed E-state index contributed by atoms with van der Waals surface area (Å²) in [5.74, 6) is 0. The molecule has 0 bridgehead atoms. The summed E-state index contributed by atoms with van der Waals surface area (Å²) >= 11 is 5.33. The molecule has 1 aromatic heterocycles. The number of nitrogens with two attached hydrogens (primary N) is 1. The number of rotatable bonds is 3. The number of hydrogen-bond acceptors (Lipinski definition) is 2. The molecule has 1 atom stereocenters. The topological polar surface area (TPSA) is 26.0 Å². The third kappa shape index (κ3) is 1.97. The SMILES string of the molecule is CC1(C(N)Cc2sccc2Br)CC1. The summed E-state index contributed by atoms with van der Waals surface area (Å²) in [5, 5.41) is 2.11. The summed E-state index contributed by atoms with van der Waals surface area (Å²) in [5.41, 5.74) is 6.59. The molecule has 2 N–H and O–H groups in total. The van der Waals surface area contributed by atoms with Crippen molar-refractivity contribution >= 4 is 27.3 Å². The van der Waals surface area contributed by atoms with Gasteiger partial charge in [-0.2, -0.15) is 0 Å². The molecule has 1 unspecified atom stereocenters. The van der Waals surface area contributed by atoms with Crippen molar-refractivity contribution in [2.45, 2.75) is 32.2 Å². The van der Waals surface area contributed by atoms with Gasteiger partial charge >= 0.3 is 0 Å². The summed E-state index contributed by atoms with van der Waals surface area (Å²) in [6.45, 7) is 2.29. The molecule has 1 aliphatic rings. The summed E-state index contributed by atoms with van der Waals surface area (Å²) < 4.78 is 1.22. The van der Waals surface area contributed by atoms with Gasteiger partial charge in [0.25, 0.3) is 0 Å². The summed E-state index contributed by atoms with van der Waals surface area (Å²) in [7, 11) is 0. The van der Waals surface area contributed by atoms with E-state index >= 15 is 0 Å². The standard InChI is InChI=1S/C10H14BrNS/c1-10(3-4-10)9(12)6-8-7(11)2-5-13-8/h2,5,9H,3-4,6,12H2,1H3. The molecule has 0 radical (unpaired) electrons. The van der Waals surface area contributed by atoms with E-state index in [0.29, 0.717) is 11.5 Å². The van der Waals surface area contributed by atoms with Crippen LogP contribution in [0.4, 0.5) is 0 Å². The van der Waals surface area contributed by atoms with Gasteiger partial charge in [0, 0.05) is 15.4 Å². The summed E-state index contributed by atoms with van der Waals surface area (Å²) in [4.78, 5) is 1.39. The Morgan fingerprint density at radius 2 is 2.38 bits per heavy atom. The largest absolute Gasteiger partial charge is 0.327 e. The van der Waals surface area contributed by atoms with Crippen molar-refractivity contribution in [3.8, 4) is 0 Å². The van der Waals surface area contributed by atoms with Crippen molar-refractivity contribution in [3.63, 3.8) is 0 Å². The van der Waals surface area contributed by atoms with Crippen molar-refractivity contribution < 1.29 is 0 Å². The molecule has 1 heterocycles. The van der Waals surface area contributed by atoms with Crippen LogP contribution in [-0.2, 0) is 6.42 Å². The minimum absolute atomic E-state index is 0.336. The molecule has 1 aliphatic carbocycles. The van der Waals surface area contributed by atoms with Crippen molar-refractivity contribution in [1.29, 1.82) is 0 Å². The first-order valence-electron chi connectivity index (χ1n) is 4.59. The normalized spacial score (nSPS) is 21.5. The Hall–Kier alpha value is 0.140. The number of hydrogen-bond donors (Lipinski definition) is 1. The van der Waals surface area contributed by atoms with Crippen LogP contribution in [0.2, 0.25) is 0 Å². The van der Waals surface area contributed by atoms with Crippen molar-refractivity contribution in [2.24, 2.45) is 11.1 Å². The second-order valence-corrected chi connectivity index (χ2v) is 6.01. The van der Waals surface area contributed by atoms with Crippen LogP contribution in [0.15, 0.2) is 15.9 Å². The van der Waals surface area contributed by atoms with Crippen molar-refractivity contribution in [3.05, 3.63) is 20.8 Å². The van der Waals surface area contributed by atoms with Gasteiger partial charge < -0.3 is 5.73 Å². The first-order valence-corrected chi connectivity index (χ1v) is 6.26. The minimum Gasteiger partial charge on any atom is -0.327 e. The van der Waals surface area contributed by atoms with E-state index in [9.17, 15) is 0 Å². The Morgan fingerprint density at radius 1 is 1.69 bits per heavy atom. The van der Waals surface area contributed by atoms with Crippen LogP contribution in [-0.4, -0.2) is 6.04 Å². The maximum atomic E-state index is 6.16. The second kappa shape index (κ2) is 3.37. The minimum atomic E-state index is 0.336. The van der Waals surface area contributed by atoms with Crippen LogP contribution in [0.1, 0.15) is 24.6 Å². The highest BCUT2D eigenvalue weighted by Gasteiger charge is 2.42. The molecule has 0 saturated heterocycles. The Labute approximate surface area is 91.5 Å². The zero-order valence-corrected chi connectivity index (χ0v) is 10.1. The monoisotopic (exact) mass is 259 g/mol. The molecule has 72 valence electrons. The molecular formula is C10H14BrNS.